The smallest absolute Gasteiger partial charge is 0.169 e. The van der Waals surface area contributed by atoms with Gasteiger partial charge in [0, 0.05) is 0 Å². The summed E-state index contributed by atoms with van der Waals surface area (Å²) in [5, 5.41) is 9.52. The highest BCUT2D eigenvalue weighted by Gasteiger charge is 2.23. The van der Waals surface area contributed by atoms with Crippen molar-refractivity contribution in [2.45, 2.75) is 52.4 Å². The average molecular weight is 411 g/mol. The summed E-state index contributed by atoms with van der Waals surface area (Å²) in [6.45, 7) is 15.6. The van der Waals surface area contributed by atoms with Gasteiger partial charge in [-0.25, -0.2) is 0 Å². The lowest BCUT2D eigenvalue weighted by atomic mass is 10.2. The molecule has 150 valence electrons. The van der Waals surface area contributed by atoms with E-state index < -0.39 is 16.5 Å². The molecule has 0 saturated heterocycles. The normalized spacial score (nSPS) is 12.6. The van der Waals surface area contributed by atoms with Gasteiger partial charge >= 0.3 is 0 Å². The molecule has 0 amide bonds. The van der Waals surface area contributed by atoms with Gasteiger partial charge in [0.1, 0.15) is 0 Å². The predicted octanol–water partition coefficient (Wildman–Crippen LogP) is 5.63. The maximum Gasteiger partial charge on any atom is 0.169 e. The van der Waals surface area contributed by atoms with Crippen molar-refractivity contribution in [3.63, 3.8) is 0 Å². The minimum atomic E-state index is -1.58. The van der Waals surface area contributed by atoms with Crippen molar-refractivity contribution in [2.75, 3.05) is 0 Å². The molecule has 2 aromatic carbocycles. The standard InChI is InChI=1S/C22H34N4Si2/c1-27(2,3)25(19-21-13-9-7-10-14-21)23-17-18-24-26(28(4,5)6)20-22-15-11-8-12-16-22/h7-18H,19-20H2,1-6H3. The van der Waals surface area contributed by atoms with Gasteiger partial charge in [-0.15, -0.1) is 0 Å². The van der Waals surface area contributed by atoms with E-state index >= 15 is 0 Å². The molecular formula is C22H34N4Si2. The number of rotatable bonds is 9. The maximum absolute atomic E-state index is 4.76. The summed E-state index contributed by atoms with van der Waals surface area (Å²) in [6.07, 6.45) is 3.69. The van der Waals surface area contributed by atoms with Gasteiger partial charge in [0.05, 0.1) is 25.5 Å². The van der Waals surface area contributed by atoms with Crippen LogP contribution in [0.4, 0.5) is 0 Å². The SMILES string of the molecule is C[Si](C)(C)N(Cc1ccccc1)N=CC=NN(Cc1ccccc1)[Si](C)(C)C. The summed E-state index contributed by atoms with van der Waals surface area (Å²) < 4.78 is 4.48. The first-order valence-electron chi connectivity index (χ1n) is 9.86. The van der Waals surface area contributed by atoms with Gasteiger partial charge in [0.2, 0.25) is 0 Å². The molecule has 0 radical (unpaired) electrons. The number of hydrazone groups is 2. The minimum absolute atomic E-state index is 0.836. The number of nitrogens with zero attached hydrogens (tertiary/aromatic N) is 4. The maximum atomic E-state index is 4.76. The van der Waals surface area contributed by atoms with Gasteiger partial charge in [-0.1, -0.05) is 99.9 Å². The van der Waals surface area contributed by atoms with E-state index in [4.69, 9.17) is 10.2 Å². The van der Waals surface area contributed by atoms with Gasteiger partial charge < -0.3 is 9.35 Å². The molecule has 0 aliphatic carbocycles. The van der Waals surface area contributed by atoms with Crippen molar-refractivity contribution < 1.29 is 0 Å². The van der Waals surface area contributed by atoms with E-state index in [-0.39, 0.29) is 0 Å². The highest BCUT2D eigenvalue weighted by molar-refractivity contribution is 6.73. The van der Waals surface area contributed by atoms with E-state index in [1.54, 1.807) is 0 Å². The Balaban J connectivity index is 2.09. The van der Waals surface area contributed by atoms with Gasteiger partial charge in [0.15, 0.2) is 16.5 Å². The zero-order valence-corrected chi connectivity index (χ0v) is 20.1. The Labute approximate surface area is 172 Å². The molecule has 0 unspecified atom stereocenters. The lowest BCUT2D eigenvalue weighted by Gasteiger charge is -2.32. The molecule has 0 N–H and O–H groups in total. The van der Waals surface area contributed by atoms with Crippen molar-refractivity contribution in [1.82, 2.24) is 9.35 Å². The topological polar surface area (TPSA) is 31.2 Å². The van der Waals surface area contributed by atoms with Crippen LogP contribution in [-0.4, -0.2) is 38.2 Å². The Kier molecular flexibility index (Phi) is 7.77. The van der Waals surface area contributed by atoms with E-state index in [1.165, 1.54) is 11.1 Å². The first-order chi connectivity index (χ1) is 13.2. The largest absolute Gasteiger partial charge is 0.320 e. The predicted molar refractivity (Wildman–Crippen MR) is 128 cm³/mol. The molecular weight excluding hydrogens is 376 g/mol. The molecule has 0 spiro atoms. The van der Waals surface area contributed by atoms with Crippen molar-refractivity contribution in [3.05, 3.63) is 71.8 Å². The fraction of sp³-hybridized carbons (Fsp3) is 0.364. The molecule has 0 bridgehead atoms. The van der Waals surface area contributed by atoms with Crippen LogP contribution < -0.4 is 0 Å². The summed E-state index contributed by atoms with van der Waals surface area (Å²) in [6, 6.07) is 21.1. The first kappa shape index (κ1) is 22.1. The zero-order valence-electron chi connectivity index (χ0n) is 18.1. The molecule has 0 fully saturated rings. The molecule has 0 atom stereocenters. The Bertz CT molecular complexity index is 695. The van der Waals surface area contributed by atoms with E-state index in [9.17, 15) is 0 Å². The summed E-state index contributed by atoms with van der Waals surface area (Å²) in [7, 11) is -3.15. The Morgan fingerprint density at radius 3 is 1.21 bits per heavy atom. The number of hydrogen-bond donors (Lipinski definition) is 0. The lowest BCUT2D eigenvalue weighted by Crippen LogP contribution is -2.42. The second kappa shape index (κ2) is 9.84. The zero-order chi connectivity index (χ0) is 20.6. The van der Waals surface area contributed by atoms with Crippen LogP contribution >= 0.6 is 0 Å². The Hall–Kier alpha value is -2.19. The van der Waals surface area contributed by atoms with Crippen LogP contribution in [0.5, 0.6) is 0 Å². The summed E-state index contributed by atoms with van der Waals surface area (Å²) in [5.74, 6) is 0. The van der Waals surface area contributed by atoms with Gasteiger partial charge in [-0.3, -0.25) is 0 Å². The van der Waals surface area contributed by atoms with Gasteiger partial charge in [-0.2, -0.15) is 10.2 Å². The Morgan fingerprint density at radius 1 is 0.607 bits per heavy atom. The van der Waals surface area contributed by atoms with Crippen molar-refractivity contribution in [1.29, 1.82) is 0 Å². The van der Waals surface area contributed by atoms with Crippen LogP contribution in [0.2, 0.25) is 39.3 Å². The quantitative estimate of drug-likeness (QED) is 0.305. The van der Waals surface area contributed by atoms with Crippen LogP contribution in [0.25, 0.3) is 0 Å². The fourth-order valence-electron chi connectivity index (χ4n) is 2.64. The van der Waals surface area contributed by atoms with Gasteiger partial charge in [0.25, 0.3) is 0 Å². The molecule has 28 heavy (non-hydrogen) atoms. The molecule has 0 aliphatic heterocycles. The van der Waals surface area contributed by atoms with Crippen molar-refractivity contribution >= 4 is 28.9 Å². The molecule has 2 aromatic rings. The minimum Gasteiger partial charge on any atom is -0.320 e. The lowest BCUT2D eigenvalue weighted by molar-refractivity contribution is 0.443. The monoisotopic (exact) mass is 410 g/mol. The van der Waals surface area contributed by atoms with Crippen molar-refractivity contribution in [3.8, 4) is 0 Å². The van der Waals surface area contributed by atoms with Crippen LogP contribution in [-0.2, 0) is 13.1 Å². The fourth-order valence-corrected chi connectivity index (χ4v) is 4.78. The van der Waals surface area contributed by atoms with Crippen LogP contribution in [0.3, 0.4) is 0 Å². The summed E-state index contributed by atoms with van der Waals surface area (Å²) >= 11 is 0. The van der Waals surface area contributed by atoms with Crippen LogP contribution in [0.15, 0.2) is 70.9 Å². The van der Waals surface area contributed by atoms with Gasteiger partial charge in [-0.05, 0) is 11.1 Å². The summed E-state index contributed by atoms with van der Waals surface area (Å²) in [4.78, 5) is 0. The van der Waals surface area contributed by atoms with E-state index in [0.29, 0.717) is 0 Å². The molecule has 0 saturated carbocycles. The van der Waals surface area contributed by atoms with Crippen LogP contribution in [0.1, 0.15) is 11.1 Å². The van der Waals surface area contributed by atoms with E-state index in [2.05, 4.69) is 109 Å². The summed E-state index contributed by atoms with van der Waals surface area (Å²) in [5.41, 5.74) is 2.57. The number of benzene rings is 2. The highest BCUT2D eigenvalue weighted by atomic mass is 28.3. The third kappa shape index (κ3) is 7.44. The first-order valence-corrected chi connectivity index (χ1v) is 16.8. The molecule has 2 rings (SSSR count). The molecule has 0 heterocycles. The molecule has 4 nitrogen and oxygen atoms in total. The third-order valence-corrected chi connectivity index (χ3v) is 8.02. The van der Waals surface area contributed by atoms with Crippen LogP contribution in [0, 0.1) is 0 Å². The average Bonchev–Trinajstić information content (AvgIpc) is 2.63. The second-order valence-electron chi connectivity index (χ2n) is 8.96. The van der Waals surface area contributed by atoms with E-state index in [0.717, 1.165) is 13.1 Å². The van der Waals surface area contributed by atoms with Crippen molar-refractivity contribution in [2.24, 2.45) is 10.2 Å². The molecule has 6 heteroatoms. The van der Waals surface area contributed by atoms with E-state index in [1.807, 2.05) is 12.4 Å². The third-order valence-electron chi connectivity index (χ3n) is 4.38. The Morgan fingerprint density at radius 2 is 0.929 bits per heavy atom. The highest BCUT2D eigenvalue weighted by Crippen LogP contribution is 2.16. The molecule has 0 aromatic heterocycles. The second-order valence-corrected chi connectivity index (χ2v) is 18.7. The molecule has 0 aliphatic rings. The number of hydrogen-bond acceptors (Lipinski definition) is 4.